The van der Waals surface area contributed by atoms with E-state index >= 15 is 0 Å². The number of hydrogen-bond acceptors (Lipinski definition) is 2. The molecule has 0 aliphatic rings. The summed E-state index contributed by atoms with van der Waals surface area (Å²) in [5, 5.41) is 2.22. The number of rotatable bonds is 6. The highest BCUT2D eigenvalue weighted by atomic mass is 79.9. The van der Waals surface area contributed by atoms with Crippen LogP contribution in [0, 0.1) is 5.92 Å². The van der Waals surface area contributed by atoms with Crippen molar-refractivity contribution in [3.63, 3.8) is 0 Å². The van der Waals surface area contributed by atoms with Crippen molar-refractivity contribution in [1.82, 2.24) is 10.9 Å². The van der Waals surface area contributed by atoms with Gasteiger partial charge in [-0.05, 0) is 30.0 Å². The summed E-state index contributed by atoms with van der Waals surface area (Å²) in [5.41, 5.74) is 0.866. The first-order chi connectivity index (χ1) is 10.1. The molecule has 3 nitrogen and oxygen atoms in total. The lowest BCUT2D eigenvalue weighted by molar-refractivity contribution is -0.161. The fourth-order valence-electron chi connectivity index (χ4n) is 2.02. The van der Waals surface area contributed by atoms with Gasteiger partial charge in [-0.25, -0.2) is 0 Å². The molecule has 0 heterocycles. The minimum absolute atomic E-state index is 0.0453. The molecule has 22 heavy (non-hydrogen) atoms. The van der Waals surface area contributed by atoms with Gasteiger partial charge in [-0.2, -0.15) is 18.7 Å². The molecule has 0 aliphatic heterocycles. The van der Waals surface area contributed by atoms with Gasteiger partial charge in [-0.1, -0.05) is 41.9 Å². The van der Waals surface area contributed by atoms with Crippen molar-refractivity contribution in [3.05, 3.63) is 34.3 Å². The number of carbonyl (C=O) groups is 1. The van der Waals surface area contributed by atoms with E-state index in [9.17, 15) is 22.4 Å². The Hall–Kier alpha value is -1.15. The number of hydrogen-bond donors (Lipinski definition) is 2. The van der Waals surface area contributed by atoms with Crippen LogP contribution in [-0.4, -0.2) is 18.1 Å². The highest BCUT2D eigenvalue weighted by Crippen LogP contribution is 2.34. The highest BCUT2D eigenvalue weighted by Gasteiger charge is 2.42. The van der Waals surface area contributed by atoms with E-state index in [-0.39, 0.29) is 17.9 Å². The first-order valence-electron chi connectivity index (χ1n) is 6.63. The monoisotopic (exact) mass is 384 g/mol. The second kappa shape index (κ2) is 7.92. The largest absolute Gasteiger partial charge is 0.407 e. The van der Waals surface area contributed by atoms with Crippen LogP contribution in [0.3, 0.4) is 0 Å². The molecule has 0 aromatic heterocycles. The highest BCUT2D eigenvalue weighted by molar-refractivity contribution is 9.10. The zero-order valence-corrected chi connectivity index (χ0v) is 13.6. The first kappa shape index (κ1) is 18.9. The molecule has 124 valence electrons. The molecule has 0 spiro atoms. The van der Waals surface area contributed by atoms with Crippen LogP contribution in [-0.2, 0) is 4.79 Å². The van der Waals surface area contributed by atoms with Gasteiger partial charge in [0, 0.05) is 4.47 Å². The predicted molar refractivity (Wildman–Crippen MR) is 78.6 cm³/mol. The molecule has 0 fully saturated rings. The zero-order chi connectivity index (χ0) is 16.9. The third kappa shape index (κ3) is 5.57. The SMILES string of the molecule is CC(C)CC(N[C@@H](c1ccc(Br)cc1)C(F)(F)F)C(=O)NF. The molecule has 1 amide bonds. The molecule has 0 aliphatic carbocycles. The van der Waals surface area contributed by atoms with Gasteiger partial charge in [0.25, 0.3) is 5.91 Å². The summed E-state index contributed by atoms with van der Waals surface area (Å²) in [7, 11) is 0. The second-order valence-electron chi connectivity index (χ2n) is 5.33. The maximum absolute atomic E-state index is 13.3. The fraction of sp³-hybridized carbons (Fsp3) is 0.500. The number of amides is 1. The molecular weight excluding hydrogens is 368 g/mol. The van der Waals surface area contributed by atoms with Crippen LogP contribution in [0.25, 0.3) is 0 Å². The van der Waals surface area contributed by atoms with Crippen molar-refractivity contribution in [2.24, 2.45) is 5.92 Å². The third-order valence-corrected chi connectivity index (χ3v) is 3.54. The number of halogens is 5. The van der Waals surface area contributed by atoms with Crippen LogP contribution in [0.2, 0.25) is 0 Å². The van der Waals surface area contributed by atoms with Gasteiger partial charge in [0.05, 0.1) is 6.04 Å². The molecular formula is C14H17BrF4N2O. The standard InChI is InChI=1S/C14H17BrF4N2O/c1-8(2)7-11(13(22)21-19)20-12(14(16,17)18)9-3-5-10(15)6-4-9/h3-6,8,11-12,20H,7H2,1-2H3,(H,21,22)/t11?,12-/m0/s1. The number of benzene rings is 1. The Balaban J connectivity index is 3.05. The van der Waals surface area contributed by atoms with Gasteiger partial charge >= 0.3 is 6.18 Å². The van der Waals surface area contributed by atoms with Crippen molar-refractivity contribution in [2.75, 3.05) is 0 Å². The van der Waals surface area contributed by atoms with Crippen LogP contribution in [0.15, 0.2) is 28.7 Å². The van der Waals surface area contributed by atoms with E-state index in [4.69, 9.17) is 0 Å². The maximum Gasteiger partial charge on any atom is 0.407 e. The minimum Gasteiger partial charge on any atom is -0.291 e. The fourth-order valence-corrected chi connectivity index (χ4v) is 2.29. The molecule has 0 saturated heterocycles. The molecule has 1 unspecified atom stereocenters. The summed E-state index contributed by atoms with van der Waals surface area (Å²) in [6.45, 7) is 3.48. The summed E-state index contributed by atoms with van der Waals surface area (Å²) in [4.78, 5) is 11.5. The van der Waals surface area contributed by atoms with Crippen molar-refractivity contribution < 1.29 is 22.4 Å². The molecule has 1 aromatic rings. The molecule has 8 heteroatoms. The second-order valence-corrected chi connectivity index (χ2v) is 6.25. The van der Waals surface area contributed by atoms with Crippen LogP contribution < -0.4 is 10.9 Å². The lowest BCUT2D eigenvalue weighted by atomic mass is 10.00. The summed E-state index contributed by atoms with van der Waals surface area (Å²) in [6.07, 6.45) is -4.53. The summed E-state index contributed by atoms with van der Waals surface area (Å²) in [5.74, 6) is -1.19. The topological polar surface area (TPSA) is 41.1 Å². The van der Waals surface area contributed by atoms with E-state index in [2.05, 4.69) is 21.2 Å². The summed E-state index contributed by atoms with van der Waals surface area (Å²) < 4.78 is 52.8. The van der Waals surface area contributed by atoms with E-state index in [1.165, 1.54) is 24.3 Å². The molecule has 0 saturated carbocycles. The van der Waals surface area contributed by atoms with Gasteiger partial charge in [0.1, 0.15) is 6.04 Å². The van der Waals surface area contributed by atoms with Crippen molar-refractivity contribution in [1.29, 1.82) is 0 Å². The molecule has 1 rings (SSSR count). The van der Waals surface area contributed by atoms with Crippen LogP contribution in [0.4, 0.5) is 17.7 Å². The summed E-state index contributed by atoms with van der Waals surface area (Å²) >= 11 is 3.15. The average molecular weight is 385 g/mol. The quantitative estimate of drug-likeness (QED) is 0.573. The smallest absolute Gasteiger partial charge is 0.291 e. The molecule has 0 radical (unpaired) electrons. The number of carbonyl (C=O) groups excluding carboxylic acids is 1. The Labute approximate surface area is 134 Å². The molecule has 2 atom stereocenters. The van der Waals surface area contributed by atoms with E-state index in [0.717, 1.165) is 5.54 Å². The Kier molecular flexibility index (Phi) is 6.80. The lowest BCUT2D eigenvalue weighted by Crippen LogP contribution is -2.48. The van der Waals surface area contributed by atoms with Gasteiger partial charge in [-0.15, -0.1) is 4.48 Å². The van der Waals surface area contributed by atoms with Gasteiger partial charge in [0.15, 0.2) is 0 Å². The first-order valence-corrected chi connectivity index (χ1v) is 7.43. The molecule has 2 N–H and O–H groups in total. The van der Waals surface area contributed by atoms with E-state index in [1.54, 1.807) is 13.8 Å². The van der Waals surface area contributed by atoms with Gasteiger partial charge in [0.2, 0.25) is 0 Å². The van der Waals surface area contributed by atoms with Gasteiger partial charge < -0.3 is 0 Å². The average Bonchev–Trinajstić information content (AvgIpc) is 2.42. The molecule has 0 bridgehead atoms. The van der Waals surface area contributed by atoms with E-state index in [0.29, 0.717) is 4.47 Å². The van der Waals surface area contributed by atoms with Crippen molar-refractivity contribution in [3.8, 4) is 0 Å². The zero-order valence-electron chi connectivity index (χ0n) is 12.0. The van der Waals surface area contributed by atoms with Crippen LogP contribution >= 0.6 is 15.9 Å². The van der Waals surface area contributed by atoms with Crippen molar-refractivity contribution >= 4 is 21.8 Å². The Morgan fingerprint density at radius 3 is 2.18 bits per heavy atom. The normalized spacial score (nSPS) is 14.7. The molecule has 1 aromatic carbocycles. The Bertz CT molecular complexity index is 491. The number of alkyl halides is 3. The predicted octanol–water partition coefficient (Wildman–Crippen LogP) is 4.06. The Morgan fingerprint density at radius 1 is 1.23 bits per heavy atom. The maximum atomic E-state index is 13.3. The third-order valence-electron chi connectivity index (χ3n) is 3.02. The summed E-state index contributed by atoms with van der Waals surface area (Å²) in [6, 6.07) is 2.22. The lowest BCUT2D eigenvalue weighted by Gasteiger charge is -2.27. The van der Waals surface area contributed by atoms with Crippen molar-refractivity contribution in [2.45, 2.75) is 38.5 Å². The number of nitrogens with one attached hydrogen (secondary N) is 2. The van der Waals surface area contributed by atoms with Crippen LogP contribution in [0.5, 0.6) is 0 Å². The van der Waals surface area contributed by atoms with Gasteiger partial charge in [-0.3, -0.25) is 10.1 Å². The van der Waals surface area contributed by atoms with E-state index in [1.807, 2.05) is 0 Å². The van der Waals surface area contributed by atoms with Crippen LogP contribution in [0.1, 0.15) is 31.9 Å². The minimum atomic E-state index is -4.61. The van der Waals surface area contributed by atoms with E-state index < -0.39 is 24.2 Å². The Morgan fingerprint density at radius 2 is 1.77 bits per heavy atom.